The highest BCUT2D eigenvalue weighted by Crippen LogP contribution is 2.55. The second-order valence-electron chi connectivity index (χ2n) is 7.91. The van der Waals surface area contributed by atoms with Crippen molar-refractivity contribution in [3.05, 3.63) is 27.8 Å². The first-order valence-corrected chi connectivity index (χ1v) is 7.84. The molecule has 0 saturated carbocycles. The van der Waals surface area contributed by atoms with Gasteiger partial charge in [0.15, 0.2) is 0 Å². The second-order valence-corrected chi connectivity index (χ2v) is 7.91. The SMILES string of the molecule is Cc1c(C)c2c(c(C)c1C(C)C)C(C)(C)C(C)(C)N2C. The lowest BCUT2D eigenvalue weighted by molar-refractivity contribution is 0.321. The molecule has 1 aliphatic heterocycles. The molecule has 112 valence electrons. The number of likely N-dealkylation sites (N-methyl/N-ethyl adjacent to an activating group) is 1. The largest absolute Gasteiger partial charge is 0.368 e. The summed E-state index contributed by atoms with van der Waals surface area (Å²) in [5.74, 6) is 0.587. The minimum absolute atomic E-state index is 0.146. The highest BCUT2D eigenvalue weighted by molar-refractivity contribution is 5.75. The van der Waals surface area contributed by atoms with Gasteiger partial charge in [0.2, 0.25) is 0 Å². The first kappa shape index (κ1) is 15.4. The van der Waals surface area contributed by atoms with Gasteiger partial charge >= 0.3 is 0 Å². The molecule has 0 aliphatic carbocycles. The van der Waals surface area contributed by atoms with Crippen molar-refractivity contribution in [2.24, 2.45) is 0 Å². The lowest BCUT2D eigenvalue weighted by Gasteiger charge is -2.41. The van der Waals surface area contributed by atoms with Gasteiger partial charge in [-0.2, -0.15) is 0 Å². The Morgan fingerprint density at radius 3 is 1.80 bits per heavy atom. The Balaban J connectivity index is 2.93. The molecule has 0 fully saturated rings. The molecular weight excluding hydrogens is 242 g/mol. The number of nitrogens with zero attached hydrogens (tertiary/aromatic N) is 1. The van der Waals surface area contributed by atoms with Gasteiger partial charge in [-0.3, -0.25) is 0 Å². The van der Waals surface area contributed by atoms with Gasteiger partial charge in [-0.1, -0.05) is 27.7 Å². The van der Waals surface area contributed by atoms with Crippen LogP contribution in [0.25, 0.3) is 0 Å². The summed E-state index contributed by atoms with van der Waals surface area (Å²) >= 11 is 0. The molecule has 1 heterocycles. The van der Waals surface area contributed by atoms with E-state index in [1.807, 2.05) is 0 Å². The molecule has 1 aromatic rings. The topological polar surface area (TPSA) is 3.24 Å². The highest BCUT2D eigenvalue weighted by Gasteiger charge is 2.51. The van der Waals surface area contributed by atoms with E-state index in [9.17, 15) is 0 Å². The lowest BCUT2D eigenvalue weighted by atomic mass is 9.69. The molecule has 20 heavy (non-hydrogen) atoms. The van der Waals surface area contributed by atoms with Crippen LogP contribution in [0.15, 0.2) is 0 Å². The quantitative estimate of drug-likeness (QED) is 0.676. The van der Waals surface area contributed by atoms with Crippen LogP contribution in [0.4, 0.5) is 5.69 Å². The Labute approximate surface area is 125 Å². The predicted octanol–water partition coefficient (Wildman–Crippen LogP) is 5.24. The molecule has 1 aromatic carbocycles. The van der Waals surface area contributed by atoms with Crippen molar-refractivity contribution < 1.29 is 0 Å². The fourth-order valence-electron chi connectivity index (χ4n) is 4.22. The number of fused-ring (bicyclic) bond motifs is 1. The summed E-state index contributed by atoms with van der Waals surface area (Å²) in [6.45, 7) is 21.1. The summed E-state index contributed by atoms with van der Waals surface area (Å²) in [5.41, 5.74) is 9.38. The number of hydrogen-bond acceptors (Lipinski definition) is 1. The van der Waals surface area contributed by atoms with E-state index in [2.05, 4.69) is 74.3 Å². The Morgan fingerprint density at radius 2 is 1.35 bits per heavy atom. The fourth-order valence-corrected chi connectivity index (χ4v) is 4.22. The van der Waals surface area contributed by atoms with Crippen LogP contribution in [-0.4, -0.2) is 12.6 Å². The monoisotopic (exact) mass is 273 g/mol. The maximum Gasteiger partial charge on any atom is 0.0442 e. The Bertz CT molecular complexity index is 562. The normalized spacial score (nSPS) is 19.6. The minimum Gasteiger partial charge on any atom is -0.368 e. The summed E-state index contributed by atoms with van der Waals surface area (Å²) in [4.78, 5) is 2.50. The van der Waals surface area contributed by atoms with Crippen molar-refractivity contribution in [2.45, 2.75) is 79.2 Å². The van der Waals surface area contributed by atoms with Crippen LogP contribution in [0.2, 0.25) is 0 Å². The van der Waals surface area contributed by atoms with Gasteiger partial charge < -0.3 is 4.90 Å². The van der Waals surface area contributed by atoms with Crippen molar-refractivity contribution in [1.29, 1.82) is 0 Å². The first-order valence-electron chi connectivity index (χ1n) is 7.84. The first-order chi connectivity index (χ1) is 8.96. The smallest absolute Gasteiger partial charge is 0.0442 e. The Morgan fingerprint density at radius 1 is 0.850 bits per heavy atom. The van der Waals surface area contributed by atoms with Gasteiger partial charge in [-0.25, -0.2) is 0 Å². The molecular formula is C19H31N. The highest BCUT2D eigenvalue weighted by atomic mass is 15.2. The van der Waals surface area contributed by atoms with Crippen molar-refractivity contribution in [1.82, 2.24) is 0 Å². The van der Waals surface area contributed by atoms with Crippen LogP contribution in [0.3, 0.4) is 0 Å². The third-order valence-electron chi connectivity index (χ3n) is 6.24. The van der Waals surface area contributed by atoms with Crippen LogP contribution in [0, 0.1) is 20.8 Å². The van der Waals surface area contributed by atoms with Crippen molar-refractivity contribution in [3.8, 4) is 0 Å². The van der Waals surface area contributed by atoms with E-state index in [0.29, 0.717) is 5.92 Å². The summed E-state index contributed by atoms with van der Waals surface area (Å²) in [6.07, 6.45) is 0. The molecule has 1 nitrogen and oxygen atoms in total. The number of benzene rings is 1. The average Bonchev–Trinajstić information content (AvgIpc) is 2.44. The van der Waals surface area contributed by atoms with Crippen LogP contribution in [0.5, 0.6) is 0 Å². The van der Waals surface area contributed by atoms with E-state index in [1.54, 1.807) is 11.1 Å². The molecule has 0 amide bonds. The summed E-state index contributed by atoms with van der Waals surface area (Å²) < 4.78 is 0. The van der Waals surface area contributed by atoms with Gasteiger partial charge in [0.1, 0.15) is 0 Å². The summed E-state index contributed by atoms with van der Waals surface area (Å²) in [6, 6.07) is 0. The molecule has 0 N–H and O–H groups in total. The number of hydrogen-bond donors (Lipinski definition) is 0. The van der Waals surface area contributed by atoms with Crippen molar-refractivity contribution >= 4 is 5.69 Å². The Hall–Kier alpha value is -0.980. The summed E-state index contributed by atoms with van der Waals surface area (Å²) in [5, 5.41) is 0. The molecule has 0 saturated heterocycles. The molecule has 0 atom stereocenters. The molecule has 0 bridgehead atoms. The Kier molecular flexibility index (Phi) is 3.28. The predicted molar refractivity (Wildman–Crippen MR) is 90.3 cm³/mol. The maximum absolute atomic E-state index is 2.50. The van der Waals surface area contributed by atoms with Gasteiger partial charge in [0.05, 0.1) is 0 Å². The van der Waals surface area contributed by atoms with Crippen LogP contribution >= 0.6 is 0 Å². The number of rotatable bonds is 1. The van der Waals surface area contributed by atoms with Crippen molar-refractivity contribution in [3.63, 3.8) is 0 Å². The van der Waals surface area contributed by atoms with Crippen LogP contribution in [0.1, 0.15) is 75.3 Å². The van der Waals surface area contributed by atoms with E-state index < -0.39 is 0 Å². The zero-order valence-electron chi connectivity index (χ0n) is 15.0. The fraction of sp³-hybridized carbons (Fsp3) is 0.684. The second kappa shape index (κ2) is 4.26. The van der Waals surface area contributed by atoms with Gasteiger partial charge in [0.25, 0.3) is 0 Å². The van der Waals surface area contributed by atoms with Gasteiger partial charge in [0, 0.05) is 23.7 Å². The van der Waals surface area contributed by atoms with Gasteiger partial charge in [-0.05, 0) is 68.4 Å². The van der Waals surface area contributed by atoms with E-state index >= 15 is 0 Å². The van der Waals surface area contributed by atoms with E-state index in [-0.39, 0.29) is 11.0 Å². The lowest BCUT2D eigenvalue weighted by Crippen LogP contribution is -2.49. The molecule has 0 aromatic heterocycles. The van der Waals surface area contributed by atoms with E-state index in [0.717, 1.165) is 0 Å². The molecule has 2 rings (SSSR count). The zero-order chi connectivity index (χ0) is 15.6. The number of anilines is 1. The molecule has 1 aliphatic rings. The maximum atomic E-state index is 2.50. The van der Waals surface area contributed by atoms with Gasteiger partial charge in [-0.15, -0.1) is 0 Å². The third kappa shape index (κ3) is 1.61. The standard InChI is InChI=1S/C19H31N/c1-11(2)15-12(3)13(4)17-16(14(15)5)18(6,7)19(8,9)20(17)10/h11H,1-10H3. The minimum atomic E-state index is 0.146. The molecule has 0 unspecified atom stereocenters. The van der Waals surface area contributed by atoms with Crippen LogP contribution in [-0.2, 0) is 5.41 Å². The third-order valence-corrected chi connectivity index (χ3v) is 6.24. The van der Waals surface area contributed by atoms with Crippen LogP contribution < -0.4 is 4.90 Å². The average molecular weight is 273 g/mol. The zero-order valence-corrected chi connectivity index (χ0v) is 15.0. The molecule has 0 radical (unpaired) electrons. The van der Waals surface area contributed by atoms with E-state index in [4.69, 9.17) is 0 Å². The van der Waals surface area contributed by atoms with E-state index in [1.165, 1.54) is 22.4 Å². The summed E-state index contributed by atoms with van der Waals surface area (Å²) in [7, 11) is 2.26. The molecule has 0 spiro atoms. The molecule has 1 heteroatoms. The van der Waals surface area contributed by atoms with Crippen molar-refractivity contribution in [2.75, 3.05) is 11.9 Å².